The molecule has 3 nitrogen and oxygen atoms in total. The number of guanidine groups is 1. The van der Waals surface area contributed by atoms with Gasteiger partial charge in [-0.05, 0) is 25.2 Å². The van der Waals surface area contributed by atoms with Gasteiger partial charge < -0.3 is 11.1 Å². The lowest BCUT2D eigenvalue weighted by Crippen LogP contribution is -2.41. The Hall–Kier alpha value is -0.140. The molecule has 0 radical (unpaired) electrons. The summed E-state index contributed by atoms with van der Waals surface area (Å²) >= 11 is 0. The van der Waals surface area contributed by atoms with Crippen LogP contribution in [0.5, 0.6) is 0 Å². The summed E-state index contributed by atoms with van der Waals surface area (Å²) in [5.41, 5.74) is 5.80. The number of aliphatic imine (C=N–C) groups is 1. The van der Waals surface area contributed by atoms with Gasteiger partial charge in [0.05, 0.1) is 0 Å². The normalized spacial score (nSPS) is 27.9. The molecule has 2 aliphatic carbocycles. The van der Waals surface area contributed by atoms with Crippen LogP contribution in [-0.2, 0) is 0 Å². The molecule has 0 bridgehead atoms. The molecule has 1 atom stereocenters. The van der Waals surface area contributed by atoms with E-state index in [1.165, 1.54) is 19.3 Å². The van der Waals surface area contributed by atoms with Gasteiger partial charge >= 0.3 is 0 Å². The maximum atomic E-state index is 13.0. The van der Waals surface area contributed by atoms with Gasteiger partial charge in [-0.2, -0.15) is 0 Å². The summed E-state index contributed by atoms with van der Waals surface area (Å²) in [7, 11) is 0. The maximum Gasteiger partial charge on any atom is 0.248 e. The van der Waals surface area contributed by atoms with Crippen LogP contribution in [-0.4, -0.2) is 24.5 Å². The van der Waals surface area contributed by atoms with Crippen LogP contribution in [0.4, 0.5) is 8.78 Å². The fraction of sp³-hybridized carbons (Fsp3) is 0.923. The number of nitrogens with zero attached hydrogens (tertiary/aromatic N) is 1. The number of nitrogens with one attached hydrogen (secondary N) is 1. The quantitative estimate of drug-likeness (QED) is 0.444. The first kappa shape index (κ1) is 16.9. The highest BCUT2D eigenvalue weighted by molar-refractivity contribution is 14.0. The third kappa shape index (κ3) is 5.79. The van der Waals surface area contributed by atoms with E-state index in [1.807, 2.05) is 0 Å². The molecule has 2 fully saturated rings. The Morgan fingerprint density at radius 3 is 2.47 bits per heavy atom. The van der Waals surface area contributed by atoms with Crippen molar-refractivity contribution in [2.45, 2.75) is 63.3 Å². The van der Waals surface area contributed by atoms with Crippen molar-refractivity contribution in [3.8, 4) is 0 Å². The van der Waals surface area contributed by atoms with Crippen molar-refractivity contribution in [3.63, 3.8) is 0 Å². The minimum Gasteiger partial charge on any atom is -0.370 e. The van der Waals surface area contributed by atoms with Crippen molar-refractivity contribution in [1.29, 1.82) is 0 Å². The fourth-order valence-corrected chi connectivity index (χ4v) is 2.93. The Kier molecular flexibility index (Phi) is 6.76. The van der Waals surface area contributed by atoms with Gasteiger partial charge in [0, 0.05) is 25.4 Å². The van der Waals surface area contributed by atoms with Crippen LogP contribution in [0, 0.1) is 5.92 Å². The average molecular weight is 387 g/mol. The van der Waals surface area contributed by atoms with Gasteiger partial charge in [0.2, 0.25) is 5.92 Å². The zero-order valence-corrected chi connectivity index (χ0v) is 13.5. The molecular formula is C13H24F2IN3. The van der Waals surface area contributed by atoms with Crippen molar-refractivity contribution >= 4 is 29.9 Å². The van der Waals surface area contributed by atoms with Crippen molar-refractivity contribution in [2.75, 3.05) is 6.54 Å². The minimum atomic E-state index is -2.48. The molecular weight excluding hydrogens is 363 g/mol. The van der Waals surface area contributed by atoms with Crippen molar-refractivity contribution in [3.05, 3.63) is 0 Å². The van der Waals surface area contributed by atoms with Gasteiger partial charge in [-0.15, -0.1) is 24.0 Å². The highest BCUT2D eigenvalue weighted by Gasteiger charge is 2.39. The molecule has 19 heavy (non-hydrogen) atoms. The van der Waals surface area contributed by atoms with E-state index in [0.29, 0.717) is 25.0 Å². The zero-order valence-electron chi connectivity index (χ0n) is 11.2. The van der Waals surface area contributed by atoms with E-state index in [4.69, 9.17) is 5.73 Å². The van der Waals surface area contributed by atoms with Crippen LogP contribution in [0.15, 0.2) is 4.99 Å². The largest absolute Gasteiger partial charge is 0.370 e. The SMILES string of the molecule is I.NC(=NCC1CCC(F)(F)C1)NC1CCCCC1. The van der Waals surface area contributed by atoms with E-state index >= 15 is 0 Å². The first-order valence-corrected chi connectivity index (χ1v) is 6.99. The highest BCUT2D eigenvalue weighted by Crippen LogP contribution is 2.38. The topological polar surface area (TPSA) is 50.4 Å². The maximum absolute atomic E-state index is 13.0. The summed E-state index contributed by atoms with van der Waals surface area (Å²) in [6.45, 7) is 0.432. The molecule has 0 heterocycles. The Labute approximate surface area is 130 Å². The predicted molar refractivity (Wildman–Crippen MR) is 84.2 cm³/mol. The number of nitrogens with two attached hydrogens (primary N) is 1. The number of halogens is 3. The van der Waals surface area contributed by atoms with E-state index in [-0.39, 0.29) is 42.7 Å². The second kappa shape index (κ2) is 7.59. The van der Waals surface area contributed by atoms with Crippen molar-refractivity contribution < 1.29 is 8.78 Å². The van der Waals surface area contributed by atoms with E-state index in [2.05, 4.69) is 10.3 Å². The minimum absolute atomic E-state index is 0. The third-order valence-electron chi connectivity index (χ3n) is 3.98. The summed E-state index contributed by atoms with van der Waals surface area (Å²) in [4.78, 5) is 4.22. The van der Waals surface area contributed by atoms with Crippen LogP contribution < -0.4 is 11.1 Å². The summed E-state index contributed by atoms with van der Waals surface area (Å²) in [5.74, 6) is -2.06. The molecule has 0 aliphatic heterocycles. The predicted octanol–water partition coefficient (Wildman–Crippen LogP) is 3.28. The molecule has 0 spiro atoms. The molecule has 6 heteroatoms. The van der Waals surface area contributed by atoms with E-state index in [0.717, 1.165) is 12.8 Å². The summed E-state index contributed by atoms with van der Waals surface area (Å²) in [6.07, 6.45) is 6.57. The number of hydrogen-bond acceptors (Lipinski definition) is 1. The van der Waals surface area contributed by atoms with Crippen LogP contribution in [0.2, 0.25) is 0 Å². The Morgan fingerprint density at radius 1 is 1.21 bits per heavy atom. The van der Waals surface area contributed by atoms with Gasteiger partial charge in [-0.25, -0.2) is 8.78 Å². The van der Waals surface area contributed by atoms with Crippen molar-refractivity contribution in [2.24, 2.45) is 16.6 Å². The Balaban J connectivity index is 0.00000180. The summed E-state index contributed by atoms with van der Waals surface area (Å²) in [6, 6.07) is 0.424. The first-order valence-electron chi connectivity index (χ1n) is 6.99. The zero-order chi connectivity index (χ0) is 13.0. The number of alkyl halides is 2. The molecule has 2 rings (SSSR count). The second-order valence-corrected chi connectivity index (χ2v) is 5.67. The van der Waals surface area contributed by atoms with E-state index in [1.54, 1.807) is 0 Å². The summed E-state index contributed by atoms with van der Waals surface area (Å²) < 4.78 is 26.0. The standard InChI is InChI=1S/C13H23F2N3.HI/c14-13(15)7-6-10(8-13)9-17-12(16)18-11-4-2-1-3-5-11;/h10-11H,1-9H2,(H3,16,17,18);1H. The molecule has 2 saturated carbocycles. The average Bonchev–Trinajstić information content (AvgIpc) is 2.68. The van der Waals surface area contributed by atoms with Crippen LogP contribution >= 0.6 is 24.0 Å². The van der Waals surface area contributed by atoms with Crippen LogP contribution in [0.3, 0.4) is 0 Å². The monoisotopic (exact) mass is 387 g/mol. The lowest BCUT2D eigenvalue weighted by atomic mass is 9.96. The molecule has 0 amide bonds. The molecule has 2 aliphatic rings. The lowest BCUT2D eigenvalue weighted by molar-refractivity contribution is 0.00542. The van der Waals surface area contributed by atoms with Crippen LogP contribution in [0.1, 0.15) is 51.4 Å². The lowest BCUT2D eigenvalue weighted by Gasteiger charge is -2.23. The first-order chi connectivity index (χ1) is 8.55. The molecule has 0 aromatic rings. The molecule has 0 aromatic carbocycles. The smallest absolute Gasteiger partial charge is 0.248 e. The molecule has 0 aromatic heterocycles. The fourth-order valence-electron chi connectivity index (χ4n) is 2.93. The van der Waals surface area contributed by atoms with E-state index < -0.39 is 5.92 Å². The Morgan fingerprint density at radius 2 is 1.89 bits per heavy atom. The van der Waals surface area contributed by atoms with Crippen molar-refractivity contribution in [1.82, 2.24) is 5.32 Å². The number of hydrogen-bond donors (Lipinski definition) is 2. The van der Waals surface area contributed by atoms with Gasteiger partial charge in [0.1, 0.15) is 0 Å². The Bertz CT molecular complexity index is 304. The molecule has 0 saturated heterocycles. The molecule has 3 N–H and O–H groups in total. The molecule has 112 valence electrons. The van der Waals surface area contributed by atoms with Gasteiger partial charge in [-0.3, -0.25) is 4.99 Å². The number of rotatable bonds is 3. The second-order valence-electron chi connectivity index (χ2n) is 5.67. The molecule has 1 unspecified atom stereocenters. The van der Waals surface area contributed by atoms with Gasteiger partial charge in [0.15, 0.2) is 5.96 Å². The highest BCUT2D eigenvalue weighted by atomic mass is 127. The van der Waals surface area contributed by atoms with Crippen LogP contribution in [0.25, 0.3) is 0 Å². The third-order valence-corrected chi connectivity index (χ3v) is 3.98. The van der Waals surface area contributed by atoms with Gasteiger partial charge in [-0.1, -0.05) is 19.3 Å². The van der Waals surface area contributed by atoms with E-state index in [9.17, 15) is 8.78 Å². The van der Waals surface area contributed by atoms with Gasteiger partial charge in [0.25, 0.3) is 0 Å². The summed E-state index contributed by atoms with van der Waals surface area (Å²) in [5, 5.41) is 3.20.